The number of halogens is 6. The van der Waals surface area contributed by atoms with Crippen molar-refractivity contribution in [2.24, 2.45) is 5.73 Å². The number of benzene rings is 1. The van der Waals surface area contributed by atoms with Crippen LogP contribution in [-0.4, -0.2) is 95.2 Å². The number of alkyl halides is 6. The highest BCUT2D eigenvalue weighted by Crippen LogP contribution is 2.29. The lowest BCUT2D eigenvalue weighted by Gasteiger charge is -2.28. The zero-order chi connectivity index (χ0) is 31.1. The molecule has 2 heterocycles. The number of nitrogens with zero attached hydrogens (tertiary/aromatic N) is 3. The number of carboxylic acid groups (broad SMARTS) is 2. The molecule has 0 radical (unpaired) electrons. The van der Waals surface area contributed by atoms with Gasteiger partial charge in [0.1, 0.15) is 0 Å². The minimum absolute atomic E-state index is 0.0605. The van der Waals surface area contributed by atoms with E-state index in [2.05, 4.69) is 4.98 Å². The van der Waals surface area contributed by atoms with Crippen LogP contribution in [-0.2, 0) is 24.4 Å². The molecule has 1 aromatic heterocycles. The summed E-state index contributed by atoms with van der Waals surface area (Å²) in [7, 11) is -3.70. The molecule has 0 saturated carbocycles. The molecule has 0 bridgehead atoms. The first-order valence-corrected chi connectivity index (χ1v) is 12.6. The summed E-state index contributed by atoms with van der Waals surface area (Å²) in [5.74, 6) is -5.66. The summed E-state index contributed by atoms with van der Waals surface area (Å²) in [5, 5.41) is 15.8. The molecule has 0 unspecified atom stereocenters. The molecule has 1 fully saturated rings. The van der Waals surface area contributed by atoms with Gasteiger partial charge in [0, 0.05) is 48.8 Å². The van der Waals surface area contributed by atoms with Crippen molar-refractivity contribution >= 4 is 38.6 Å². The fraction of sp³-hybridized carbons (Fsp3) is 0.455. The SMILES string of the molecule is Cc1cncc2cccc(S(=O)(=O)N3CCCN(C(=O)CN)C[C@@H]3C)c12.O=C(O)C(F)(F)F.O=C(O)C(F)(F)F. The van der Waals surface area contributed by atoms with Gasteiger partial charge < -0.3 is 20.8 Å². The van der Waals surface area contributed by atoms with Crippen molar-refractivity contribution in [1.29, 1.82) is 0 Å². The van der Waals surface area contributed by atoms with Crippen molar-refractivity contribution < 1.29 is 59.4 Å². The first kappa shape index (κ1) is 34.5. The van der Waals surface area contributed by atoms with Gasteiger partial charge in [0.15, 0.2) is 0 Å². The summed E-state index contributed by atoms with van der Waals surface area (Å²) >= 11 is 0. The summed E-state index contributed by atoms with van der Waals surface area (Å²) in [4.78, 5) is 35.8. The molecular formula is C22H26F6N4O7S. The van der Waals surface area contributed by atoms with Crippen LogP contribution >= 0.6 is 0 Å². The van der Waals surface area contributed by atoms with Crippen LogP contribution < -0.4 is 5.73 Å². The van der Waals surface area contributed by atoms with Crippen LogP contribution in [0.4, 0.5) is 26.3 Å². The third kappa shape index (κ3) is 9.30. The third-order valence-electron chi connectivity index (χ3n) is 5.32. The van der Waals surface area contributed by atoms with Crippen molar-refractivity contribution in [2.45, 2.75) is 43.6 Å². The molecule has 18 heteroatoms. The van der Waals surface area contributed by atoms with E-state index in [-0.39, 0.29) is 18.5 Å². The molecule has 3 rings (SSSR count). The predicted octanol–water partition coefficient (Wildman–Crippen LogP) is 2.38. The maximum absolute atomic E-state index is 13.4. The van der Waals surface area contributed by atoms with E-state index in [0.717, 1.165) is 10.9 Å². The topological polar surface area (TPSA) is 171 Å². The lowest BCUT2D eigenvalue weighted by Crippen LogP contribution is -2.45. The van der Waals surface area contributed by atoms with Crippen molar-refractivity contribution in [3.63, 3.8) is 0 Å². The molecule has 4 N–H and O–H groups in total. The van der Waals surface area contributed by atoms with Gasteiger partial charge in [-0.2, -0.15) is 30.6 Å². The zero-order valence-corrected chi connectivity index (χ0v) is 21.8. The van der Waals surface area contributed by atoms with E-state index in [1.165, 1.54) is 4.31 Å². The van der Waals surface area contributed by atoms with Gasteiger partial charge in [-0.05, 0) is 31.9 Å². The van der Waals surface area contributed by atoms with Gasteiger partial charge in [0.2, 0.25) is 15.9 Å². The Balaban J connectivity index is 0.000000473. The van der Waals surface area contributed by atoms with Gasteiger partial charge in [-0.15, -0.1) is 0 Å². The second-order valence-electron chi connectivity index (χ2n) is 8.28. The van der Waals surface area contributed by atoms with E-state index in [4.69, 9.17) is 25.5 Å². The number of hydrogen-bond donors (Lipinski definition) is 3. The maximum Gasteiger partial charge on any atom is 0.490 e. The van der Waals surface area contributed by atoms with Crippen LogP contribution in [0.1, 0.15) is 18.9 Å². The quantitative estimate of drug-likeness (QED) is 0.445. The van der Waals surface area contributed by atoms with E-state index < -0.39 is 34.3 Å². The second-order valence-corrected chi connectivity index (χ2v) is 10.1. The average molecular weight is 605 g/mol. The number of pyridine rings is 1. The summed E-state index contributed by atoms with van der Waals surface area (Å²) in [6.07, 6.45) is -6.23. The largest absolute Gasteiger partial charge is 0.490 e. The molecule has 2 aromatic rings. The molecule has 1 atom stereocenters. The van der Waals surface area contributed by atoms with Crippen molar-refractivity contribution in [3.8, 4) is 0 Å². The van der Waals surface area contributed by atoms with Crippen molar-refractivity contribution in [3.05, 3.63) is 36.2 Å². The number of sulfonamides is 1. The minimum atomic E-state index is -5.08. The highest BCUT2D eigenvalue weighted by Gasteiger charge is 2.39. The molecule has 0 aliphatic carbocycles. The van der Waals surface area contributed by atoms with Gasteiger partial charge in [0.05, 0.1) is 11.4 Å². The van der Waals surface area contributed by atoms with E-state index in [1.54, 1.807) is 29.4 Å². The number of fused-ring (bicyclic) bond motifs is 1. The number of carboxylic acids is 2. The molecule has 224 valence electrons. The van der Waals surface area contributed by atoms with E-state index in [9.17, 15) is 39.6 Å². The third-order valence-corrected chi connectivity index (χ3v) is 7.37. The van der Waals surface area contributed by atoms with Gasteiger partial charge in [-0.1, -0.05) is 12.1 Å². The number of carbonyl (C=O) groups excluding carboxylic acids is 1. The molecule has 1 saturated heterocycles. The van der Waals surface area contributed by atoms with Crippen molar-refractivity contribution in [2.75, 3.05) is 26.2 Å². The van der Waals surface area contributed by atoms with Gasteiger partial charge in [0.25, 0.3) is 0 Å². The van der Waals surface area contributed by atoms with Crippen LogP contribution in [0.3, 0.4) is 0 Å². The van der Waals surface area contributed by atoms with Crippen LogP contribution in [0.25, 0.3) is 10.8 Å². The molecule has 1 amide bonds. The number of nitrogens with two attached hydrogens (primary N) is 1. The molecule has 11 nitrogen and oxygen atoms in total. The number of carbonyl (C=O) groups is 3. The first-order chi connectivity index (χ1) is 18.2. The fourth-order valence-electron chi connectivity index (χ4n) is 3.56. The Kier molecular flexibility index (Phi) is 11.8. The van der Waals surface area contributed by atoms with Gasteiger partial charge in [-0.3, -0.25) is 9.78 Å². The molecule has 1 aromatic carbocycles. The Morgan fingerprint density at radius 1 is 1.02 bits per heavy atom. The Labute approximate surface area is 224 Å². The van der Waals surface area contributed by atoms with Crippen LogP contribution in [0.5, 0.6) is 0 Å². The van der Waals surface area contributed by atoms with Crippen LogP contribution in [0, 0.1) is 6.92 Å². The standard InChI is InChI=1S/C18H24N4O3S.2C2HF3O2/c1-13-10-20-11-15-5-3-6-16(18(13)15)26(24,25)22-8-4-7-21(12-14(22)2)17(23)9-19;2*3-2(4,5)1(6)7/h3,5-6,10-11,14H,4,7-9,12,19H2,1-2H3;2*(H,6,7)/t14-;;/m0../s1. The number of rotatable bonds is 3. The van der Waals surface area contributed by atoms with Crippen LogP contribution in [0.15, 0.2) is 35.5 Å². The average Bonchev–Trinajstić information content (AvgIpc) is 3.05. The number of hydrogen-bond acceptors (Lipinski definition) is 7. The van der Waals surface area contributed by atoms with Gasteiger partial charge >= 0.3 is 24.3 Å². The monoisotopic (exact) mass is 604 g/mol. The van der Waals surface area contributed by atoms with E-state index in [1.807, 2.05) is 19.9 Å². The number of aliphatic carboxylic acids is 2. The Morgan fingerprint density at radius 2 is 1.55 bits per heavy atom. The highest BCUT2D eigenvalue weighted by atomic mass is 32.2. The Bertz CT molecular complexity index is 1290. The fourth-order valence-corrected chi connectivity index (χ4v) is 5.51. The smallest absolute Gasteiger partial charge is 0.475 e. The van der Waals surface area contributed by atoms with Crippen molar-refractivity contribution in [1.82, 2.24) is 14.2 Å². The summed E-state index contributed by atoms with van der Waals surface area (Å²) < 4.78 is 91.9. The normalized spacial score (nSPS) is 16.6. The number of aromatic nitrogens is 1. The lowest BCUT2D eigenvalue weighted by atomic mass is 10.1. The molecular weight excluding hydrogens is 578 g/mol. The predicted molar refractivity (Wildman–Crippen MR) is 127 cm³/mol. The summed E-state index contributed by atoms with van der Waals surface area (Å²) in [6.45, 7) is 4.87. The maximum atomic E-state index is 13.4. The zero-order valence-electron chi connectivity index (χ0n) is 21.0. The molecule has 1 aliphatic rings. The molecule has 0 spiro atoms. The minimum Gasteiger partial charge on any atom is -0.475 e. The number of aryl methyl sites for hydroxylation is 1. The van der Waals surface area contributed by atoms with Gasteiger partial charge in [-0.25, -0.2) is 18.0 Å². The van der Waals surface area contributed by atoms with Crippen LogP contribution in [0.2, 0.25) is 0 Å². The highest BCUT2D eigenvalue weighted by molar-refractivity contribution is 7.89. The Morgan fingerprint density at radius 3 is 2.02 bits per heavy atom. The summed E-state index contributed by atoms with van der Waals surface area (Å²) in [6, 6.07) is 4.92. The lowest BCUT2D eigenvalue weighted by molar-refractivity contribution is -0.193. The Hall–Kier alpha value is -3.51. The van der Waals surface area contributed by atoms with E-state index >= 15 is 0 Å². The number of amides is 1. The second kappa shape index (κ2) is 13.7. The summed E-state index contributed by atoms with van der Waals surface area (Å²) in [5.41, 5.74) is 6.28. The van der Waals surface area contributed by atoms with E-state index in [0.29, 0.717) is 36.3 Å². The molecule has 40 heavy (non-hydrogen) atoms. The first-order valence-electron chi connectivity index (χ1n) is 11.2. The molecule has 1 aliphatic heterocycles.